The molecule has 2 N–H and O–H groups in total. The Balaban J connectivity index is 2.05. The van der Waals surface area contributed by atoms with Crippen LogP contribution in [0.5, 0.6) is 11.5 Å². The summed E-state index contributed by atoms with van der Waals surface area (Å²) in [6, 6.07) is 10.1. The first-order chi connectivity index (χ1) is 15.2. The largest absolute Gasteiger partial charge is 0.493 e. The fourth-order valence-corrected chi connectivity index (χ4v) is 4.57. The third-order valence-corrected chi connectivity index (χ3v) is 6.00. The maximum atomic E-state index is 13.5. The van der Waals surface area contributed by atoms with Gasteiger partial charge >= 0.3 is 5.69 Å². The molecule has 1 aliphatic heterocycles. The lowest BCUT2D eigenvalue weighted by atomic mass is 9.97. The summed E-state index contributed by atoms with van der Waals surface area (Å²) in [5.74, 6) is 1.30. The van der Waals surface area contributed by atoms with Gasteiger partial charge < -0.3 is 15.2 Å². The van der Waals surface area contributed by atoms with Crippen molar-refractivity contribution in [2.45, 2.75) is 46.8 Å². The third kappa shape index (κ3) is 3.62. The van der Waals surface area contributed by atoms with Crippen LogP contribution in [0, 0.1) is 20.8 Å². The number of hydrogen-bond donors (Lipinski definition) is 1. The van der Waals surface area contributed by atoms with Crippen molar-refractivity contribution in [2.75, 3.05) is 14.2 Å². The highest BCUT2D eigenvalue weighted by molar-refractivity contribution is 5.70. The molecule has 7 heteroatoms. The van der Waals surface area contributed by atoms with Gasteiger partial charge in [0.2, 0.25) is 0 Å². The van der Waals surface area contributed by atoms with Crippen LogP contribution in [0.1, 0.15) is 35.3 Å². The van der Waals surface area contributed by atoms with Gasteiger partial charge in [-0.3, -0.25) is 9.13 Å². The lowest BCUT2D eigenvalue weighted by molar-refractivity contribution is 0.354. The Morgan fingerprint density at radius 1 is 1.00 bits per heavy atom. The molecule has 4 rings (SSSR count). The van der Waals surface area contributed by atoms with E-state index in [4.69, 9.17) is 20.2 Å². The molecule has 0 bridgehead atoms. The van der Waals surface area contributed by atoms with Crippen molar-refractivity contribution in [3.63, 3.8) is 0 Å². The average Bonchev–Trinajstić information content (AvgIpc) is 2.74. The Hall–Kier alpha value is -3.32. The molecule has 2 aromatic carbocycles. The molecule has 0 spiro atoms. The highest BCUT2D eigenvalue weighted by atomic mass is 16.5. The maximum Gasteiger partial charge on any atom is 0.331 e. The quantitative estimate of drug-likeness (QED) is 0.681. The number of ether oxygens (including phenoxy) is 2. The molecule has 1 aromatic heterocycles. The average molecular weight is 435 g/mol. The minimum Gasteiger partial charge on any atom is -0.493 e. The lowest BCUT2D eigenvalue weighted by Crippen LogP contribution is -2.45. The topological polar surface area (TPSA) is 83.8 Å². The molecule has 3 aromatic rings. The van der Waals surface area contributed by atoms with Crippen LogP contribution < -0.4 is 26.4 Å². The zero-order chi connectivity index (χ0) is 23.2. The van der Waals surface area contributed by atoms with E-state index >= 15 is 0 Å². The number of benzene rings is 2. The normalized spacial score (nSPS) is 14.0. The van der Waals surface area contributed by atoms with Gasteiger partial charge in [0.1, 0.15) is 5.49 Å². The number of hydrogen-bond acceptors (Lipinski definition) is 5. The fraction of sp³-hybridized carbons (Fsp3) is 0.360. The van der Waals surface area contributed by atoms with E-state index in [-0.39, 0.29) is 5.69 Å². The predicted octanol–water partition coefficient (Wildman–Crippen LogP) is 3.52. The fourth-order valence-electron chi connectivity index (χ4n) is 4.57. The van der Waals surface area contributed by atoms with Gasteiger partial charge in [-0.25, -0.2) is 9.79 Å². The van der Waals surface area contributed by atoms with Crippen LogP contribution in [0.3, 0.4) is 0 Å². The van der Waals surface area contributed by atoms with Crippen LogP contribution in [0.4, 0.5) is 5.69 Å². The number of nitrogens with zero attached hydrogens (tertiary/aromatic N) is 3. The molecule has 168 valence electrons. The van der Waals surface area contributed by atoms with Gasteiger partial charge in [-0.2, -0.15) is 0 Å². The predicted molar refractivity (Wildman–Crippen MR) is 126 cm³/mol. The van der Waals surface area contributed by atoms with Crippen LogP contribution in [0.25, 0.3) is 11.3 Å². The van der Waals surface area contributed by atoms with Gasteiger partial charge in [0.25, 0.3) is 0 Å². The number of methoxy groups -OCH3 is 2. The van der Waals surface area contributed by atoms with E-state index < -0.39 is 6.17 Å². The Morgan fingerprint density at radius 2 is 1.62 bits per heavy atom. The van der Waals surface area contributed by atoms with Gasteiger partial charge in [-0.05, 0) is 62.9 Å². The highest BCUT2D eigenvalue weighted by Gasteiger charge is 2.23. The summed E-state index contributed by atoms with van der Waals surface area (Å²) >= 11 is 0. The monoisotopic (exact) mass is 434 g/mol. The molecule has 0 aliphatic carbocycles. The zero-order valence-electron chi connectivity index (χ0n) is 19.5. The van der Waals surface area contributed by atoms with Crippen molar-refractivity contribution in [1.82, 2.24) is 9.13 Å². The van der Waals surface area contributed by atoms with Crippen molar-refractivity contribution in [3.05, 3.63) is 68.6 Å². The molecule has 0 saturated carbocycles. The Bertz CT molecular complexity index is 1310. The first-order valence-corrected chi connectivity index (χ1v) is 10.7. The van der Waals surface area contributed by atoms with Crippen molar-refractivity contribution >= 4 is 5.69 Å². The minimum atomic E-state index is -0.517. The molecule has 0 saturated heterocycles. The molecule has 32 heavy (non-hydrogen) atoms. The van der Waals surface area contributed by atoms with Gasteiger partial charge in [0.05, 0.1) is 31.8 Å². The number of rotatable bonds is 4. The maximum absolute atomic E-state index is 13.5. The molecular formula is C25H30N4O3. The second-order valence-corrected chi connectivity index (χ2v) is 8.41. The van der Waals surface area contributed by atoms with Crippen molar-refractivity contribution in [2.24, 2.45) is 10.7 Å². The Kier molecular flexibility index (Phi) is 5.69. The highest BCUT2D eigenvalue weighted by Crippen LogP contribution is 2.37. The van der Waals surface area contributed by atoms with Crippen LogP contribution in [-0.4, -0.2) is 23.4 Å². The van der Waals surface area contributed by atoms with Crippen molar-refractivity contribution < 1.29 is 9.47 Å². The number of nitrogens with two attached hydrogens (primary N) is 1. The van der Waals surface area contributed by atoms with Crippen LogP contribution in [0.2, 0.25) is 0 Å². The first kappa shape index (κ1) is 21.9. The van der Waals surface area contributed by atoms with E-state index in [0.717, 1.165) is 33.6 Å². The first-order valence-electron chi connectivity index (χ1n) is 10.7. The van der Waals surface area contributed by atoms with E-state index in [1.54, 1.807) is 30.3 Å². The second kappa shape index (κ2) is 8.31. The molecule has 2 heterocycles. The molecule has 7 nitrogen and oxygen atoms in total. The molecule has 1 unspecified atom stereocenters. The molecule has 0 radical (unpaired) electrons. The van der Waals surface area contributed by atoms with Crippen LogP contribution in [-0.2, 0) is 13.0 Å². The van der Waals surface area contributed by atoms with Crippen molar-refractivity contribution in [3.8, 4) is 22.8 Å². The summed E-state index contributed by atoms with van der Waals surface area (Å²) in [7, 11) is 3.24. The summed E-state index contributed by atoms with van der Waals surface area (Å²) in [4.78, 5) is 18.4. The minimum absolute atomic E-state index is 0.167. The van der Waals surface area contributed by atoms with Crippen LogP contribution >= 0.6 is 0 Å². The molecule has 0 fully saturated rings. The number of aromatic nitrogens is 2. The summed E-state index contributed by atoms with van der Waals surface area (Å²) < 4.78 is 14.3. The summed E-state index contributed by atoms with van der Waals surface area (Å²) in [6.07, 6.45) is 0.200. The number of aryl methyl sites for hydroxylation is 4. The van der Waals surface area contributed by atoms with Crippen LogP contribution in [0.15, 0.2) is 40.1 Å². The van der Waals surface area contributed by atoms with Gasteiger partial charge in [0, 0.05) is 18.2 Å². The Morgan fingerprint density at radius 3 is 2.22 bits per heavy atom. The standard InChI is InChI=1S/C25H30N4O3/c1-14-9-15(2)24(16(3)10-14)27-23-13-20-19-12-22(32-6)21(31-5)11-18(19)7-8-28(20)25(30)29(23)17(4)26/h9-13,17H,7-8,26H2,1-6H3/b27-23-. The SMILES string of the molecule is COc1cc2c(cc1OC)-c1c/c(=N/c3c(C)cc(C)cc3C)n(C(C)N)c(=O)n1CC2. The molecule has 0 amide bonds. The molecular weight excluding hydrogens is 404 g/mol. The van der Waals surface area contributed by atoms with E-state index in [2.05, 4.69) is 19.1 Å². The van der Waals surface area contributed by atoms with E-state index in [1.807, 2.05) is 32.0 Å². The smallest absolute Gasteiger partial charge is 0.331 e. The second-order valence-electron chi connectivity index (χ2n) is 8.41. The van der Waals surface area contributed by atoms with E-state index in [1.165, 1.54) is 5.56 Å². The van der Waals surface area contributed by atoms with E-state index in [9.17, 15) is 4.79 Å². The van der Waals surface area contributed by atoms with E-state index in [0.29, 0.717) is 30.0 Å². The summed E-state index contributed by atoms with van der Waals surface area (Å²) in [6.45, 7) is 8.49. The summed E-state index contributed by atoms with van der Waals surface area (Å²) in [5, 5.41) is 0. The van der Waals surface area contributed by atoms with Gasteiger partial charge in [-0.1, -0.05) is 17.7 Å². The van der Waals surface area contributed by atoms with Gasteiger partial charge in [-0.15, -0.1) is 0 Å². The Labute approximate surface area is 187 Å². The zero-order valence-corrected chi connectivity index (χ0v) is 19.5. The molecule has 1 aliphatic rings. The summed E-state index contributed by atoms with van der Waals surface area (Å²) in [5.41, 5.74) is 13.6. The number of fused-ring (bicyclic) bond motifs is 3. The third-order valence-electron chi connectivity index (χ3n) is 6.00. The van der Waals surface area contributed by atoms with Crippen molar-refractivity contribution in [1.29, 1.82) is 0 Å². The molecule has 1 atom stereocenters. The lowest BCUT2D eigenvalue weighted by Gasteiger charge is -2.25. The van der Waals surface area contributed by atoms with Gasteiger partial charge in [0.15, 0.2) is 11.5 Å².